The first-order valence-electron chi connectivity index (χ1n) is 5.05. The van der Waals surface area contributed by atoms with Gasteiger partial charge in [0.1, 0.15) is 0 Å². The molecule has 1 heterocycles. The van der Waals surface area contributed by atoms with Crippen molar-refractivity contribution >= 4 is 26.4 Å². The van der Waals surface area contributed by atoms with Gasteiger partial charge in [0.2, 0.25) is 0 Å². The summed E-state index contributed by atoms with van der Waals surface area (Å²) >= 11 is 2.21. The topological polar surface area (TPSA) is 62.4 Å². The number of rotatable bonds is 3. The van der Waals surface area contributed by atoms with Crippen LogP contribution in [-0.2, 0) is 0 Å². The van der Waals surface area contributed by atoms with Crippen molar-refractivity contribution in [3.8, 4) is 0 Å². The second-order valence-corrected chi connectivity index (χ2v) is 4.81. The maximum atomic E-state index is 5.93. The van der Waals surface area contributed by atoms with Gasteiger partial charge >= 0.3 is 0 Å². The number of nitrogens with two attached hydrogens (primary N) is 1. The summed E-state index contributed by atoms with van der Waals surface area (Å²) < 4.78 is 0.964. The van der Waals surface area contributed by atoms with E-state index in [4.69, 9.17) is 5.73 Å². The van der Waals surface area contributed by atoms with Crippen LogP contribution in [0.2, 0.25) is 0 Å². The van der Waals surface area contributed by atoms with Crippen LogP contribution in [0.15, 0.2) is 4.99 Å². The number of nitrogens with one attached hydrogen (secondary N) is 2. The van der Waals surface area contributed by atoms with Gasteiger partial charge in [-0.25, -0.2) is 0 Å². The Bertz CT molecular complexity index is 217. The number of likely N-dealkylation sites (N-methyl/N-ethyl adjacent to an activating group) is 1. The molecule has 0 spiro atoms. The molecule has 0 aromatic heterocycles. The van der Waals surface area contributed by atoms with Crippen molar-refractivity contribution in [2.45, 2.75) is 44.9 Å². The van der Waals surface area contributed by atoms with Crippen LogP contribution >= 0.6 is 22.6 Å². The molecule has 0 aromatic rings. The lowest BCUT2D eigenvalue weighted by Crippen LogP contribution is -2.60. The first-order valence-corrected chi connectivity index (χ1v) is 6.13. The maximum Gasteiger partial charge on any atom is 0.160 e. The van der Waals surface area contributed by atoms with Crippen LogP contribution < -0.4 is 16.4 Å². The molecule has 14 heavy (non-hydrogen) atoms. The van der Waals surface area contributed by atoms with E-state index in [9.17, 15) is 0 Å². The first kappa shape index (κ1) is 12.2. The molecule has 4 unspecified atom stereocenters. The molecule has 0 fully saturated rings. The molecule has 0 aromatic carbocycles. The predicted molar refractivity (Wildman–Crippen MR) is 69.0 cm³/mol. The summed E-state index contributed by atoms with van der Waals surface area (Å²) in [6.45, 7) is 7.23. The minimum Gasteiger partial charge on any atom is -0.361 e. The molecule has 0 aliphatic carbocycles. The Morgan fingerprint density at radius 2 is 2.36 bits per heavy atom. The van der Waals surface area contributed by atoms with E-state index in [1.54, 1.807) is 0 Å². The van der Waals surface area contributed by atoms with Gasteiger partial charge in [-0.1, -0.05) is 6.92 Å². The molecule has 0 radical (unpaired) electrons. The van der Waals surface area contributed by atoms with Crippen LogP contribution in [0.4, 0.5) is 0 Å². The zero-order chi connectivity index (χ0) is 10.7. The Morgan fingerprint density at radius 1 is 1.71 bits per heavy atom. The molecule has 0 saturated heterocycles. The molecule has 82 valence electrons. The van der Waals surface area contributed by atoms with E-state index in [0.717, 1.165) is 10.4 Å². The quantitative estimate of drug-likeness (QED) is 0.524. The Hall–Kier alpha value is 0.120. The number of hydrogen-bond donors (Lipinski definition) is 3. The van der Waals surface area contributed by atoms with E-state index in [-0.39, 0.29) is 12.1 Å². The highest BCUT2D eigenvalue weighted by Crippen LogP contribution is 2.14. The molecular weight excluding hydrogens is 291 g/mol. The van der Waals surface area contributed by atoms with Gasteiger partial charge in [0.05, 0.1) is 12.1 Å². The average molecular weight is 310 g/mol. The molecule has 4 nitrogen and oxygen atoms in total. The first-order chi connectivity index (χ1) is 6.56. The van der Waals surface area contributed by atoms with Crippen LogP contribution in [0.5, 0.6) is 0 Å². The van der Waals surface area contributed by atoms with Crippen LogP contribution in [-0.4, -0.2) is 34.6 Å². The smallest absolute Gasteiger partial charge is 0.160 e. The lowest BCUT2D eigenvalue weighted by Gasteiger charge is -2.36. The standard InChI is InChI=1S/C9H19IN4/c1-4-12-8-6(3)13-9(10)14-7(8)5(2)11/h5-8,12H,4,11H2,1-3H3,(H,13,14). The highest BCUT2D eigenvalue weighted by Gasteiger charge is 2.32. The SMILES string of the molecule is CCNC1C(C)NC(I)=NC1C(C)N. The van der Waals surface area contributed by atoms with Crippen LogP contribution in [0.1, 0.15) is 20.8 Å². The van der Waals surface area contributed by atoms with Crippen molar-refractivity contribution in [3.05, 3.63) is 0 Å². The van der Waals surface area contributed by atoms with E-state index in [2.05, 4.69) is 52.1 Å². The number of nitrogens with zero attached hydrogens (tertiary/aromatic N) is 1. The van der Waals surface area contributed by atoms with E-state index < -0.39 is 0 Å². The van der Waals surface area contributed by atoms with Gasteiger partial charge in [0.25, 0.3) is 0 Å². The van der Waals surface area contributed by atoms with Gasteiger partial charge in [-0.2, -0.15) is 0 Å². The number of hydrogen-bond acceptors (Lipinski definition) is 4. The Labute approximate surface area is 99.2 Å². The minimum absolute atomic E-state index is 0.0911. The van der Waals surface area contributed by atoms with E-state index in [1.165, 1.54) is 0 Å². The lowest BCUT2D eigenvalue weighted by atomic mass is 9.95. The van der Waals surface area contributed by atoms with Crippen LogP contribution in [0.3, 0.4) is 0 Å². The summed E-state index contributed by atoms with van der Waals surface area (Å²) in [4.78, 5) is 4.54. The summed E-state index contributed by atoms with van der Waals surface area (Å²) in [6.07, 6.45) is 0. The van der Waals surface area contributed by atoms with E-state index >= 15 is 0 Å². The van der Waals surface area contributed by atoms with Gasteiger partial charge < -0.3 is 16.4 Å². The maximum absolute atomic E-state index is 5.93. The fourth-order valence-electron chi connectivity index (χ4n) is 1.80. The molecule has 0 bridgehead atoms. The molecule has 4 atom stereocenters. The van der Waals surface area contributed by atoms with E-state index in [1.807, 2.05) is 6.92 Å². The molecule has 1 aliphatic rings. The average Bonchev–Trinajstić information content (AvgIpc) is 2.09. The third kappa shape index (κ3) is 2.80. The van der Waals surface area contributed by atoms with Gasteiger partial charge in [0, 0.05) is 12.1 Å². The summed E-state index contributed by atoms with van der Waals surface area (Å²) in [5.74, 6) is 0. The zero-order valence-corrected chi connectivity index (χ0v) is 11.1. The predicted octanol–water partition coefficient (Wildman–Crippen LogP) is 0.463. The minimum atomic E-state index is 0.0911. The highest BCUT2D eigenvalue weighted by atomic mass is 127. The Kier molecular flexibility index (Phi) is 4.59. The Morgan fingerprint density at radius 3 is 2.86 bits per heavy atom. The second-order valence-electron chi connectivity index (χ2n) is 3.79. The summed E-state index contributed by atoms with van der Waals surface area (Å²) in [6, 6.07) is 0.986. The molecule has 0 amide bonds. The number of amidine groups is 1. The van der Waals surface area contributed by atoms with Gasteiger partial charge in [-0.15, -0.1) is 0 Å². The number of aliphatic imine (C=N–C) groups is 1. The summed E-state index contributed by atoms with van der Waals surface area (Å²) in [5.41, 5.74) is 5.93. The summed E-state index contributed by atoms with van der Waals surface area (Å²) in [7, 11) is 0. The Balaban J connectivity index is 2.78. The van der Waals surface area contributed by atoms with Crippen molar-refractivity contribution in [1.82, 2.24) is 10.6 Å². The van der Waals surface area contributed by atoms with Gasteiger partial charge in [-0.3, -0.25) is 4.99 Å². The fraction of sp³-hybridized carbons (Fsp3) is 0.889. The largest absolute Gasteiger partial charge is 0.361 e. The molecular formula is C9H19IN4. The van der Waals surface area contributed by atoms with Crippen molar-refractivity contribution in [3.63, 3.8) is 0 Å². The number of halogens is 1. The molecule has 5 heteroatoms. The van der Waals surface area contributed by atoms with Gasteiger partial charge in [-0.05, 0) is 43.0 Å². The zero-order valence-electron chi connectivity index (χ0n) is 8.92. The van der Waals surface area contributed by atoms with Gasteiger partial charge in [0.15, 0.2) is 3.84 Å². The monoisotopic (exact) mass is 310 g/mol. The summed E-state index contributed by atoms with van der Waals surface area (Å²) in [5, 5.41) is 6.75. The third-order valence-electron chi connectivity index (χ3n) is 2.49. The third-order valence-corrected chi connectivity index (χ3v) is 3.08. The molecule has 1 rings (SSSR count). The highest BCUT2D eigenvalue weighted by molar-refractivity contribution is 14.1. The van der Waals surface area contributed by atoms with Crippen molar-refractivity contribution in [2.75, 3.05) is 6.54 Å². The molecule has 4 N–H and O–H groups in total. The van der Waals surface area contributed by atoms with Crippen molar-refractivity contribution in [1.29, 1.82) is 0 Å². The molecule has 0 saturated carbocycles. The normalized spacial score (nSPS) is 34.6. The van der Waals surface area contributed by atoms with E-state index in [0.29, 0.717) is 12.1 Å². The fourth-order valence-corrected chi connectivity index (χ4v) is 2.61. The second kappa shape index (κ2) is 5.27. The molecule has 1 aliphatic heterocycles. The van der Waals surface area contributed by atoms with Crippen molar-refractivity contribution in [2.24, 2.45) is 10.7 Å². The lowest BCUT2D eigenvalue weighted by molar-refractivity contribution is 0.329. The van der Waals surface area contributed by atoms with Crippen molar-refractivity contribution < 1.29 is 0 Å². The van der Waals surface area contributed by atoms with Crippen LogP contribution in [0.25, 0.3) is 0 Å². The van der Waals surface area contributed by atoms with Crippen LogP contribution in [0, 0.1) is 0 Å².